The molecule has 43 heavy (non-hydrogen) atoms. The van der Waals surface area contributed by atoms with Crippen molar-refractivity contribution in [1.82, 2.24) is 0 Å². The molecule has 3 N–H and O–H groups in total. The highest BCUT2D eigenvalue weighted by atomic mass is 31.2. The van der Waals surface area contributed by atoms with Crippen molar-refractivity contribution in [2.75, 3.05) is 13.2 Å². The largest absolute Gasteiger partial charge is 0.469 e. The number of carbonyl (C=O) groups excluding carboxylic acids is 2. The van der Waals surface area contributed by atoms with Crippen LogP contribution in [0.4, 0.5) is 0 Å². The van der Waals surface area contributed by atoms with Crippen molar-refractivity contribution in [2.45, 2.75) is 110 Å². The second-order valence-electron chi connectivity index (χ2n) is 9.90. The average Bonchev–Trinajstić information content (AvgIpc) is 2.96. The minimum absolute atomic E-state index is 0.123. The number of aliphatic hydroxyl groups excluding tert-OH is 1. The molecule has 0 rings (SSSR count). The first-order valence-electron chi connectivity index (χ1n) is 15.3. The summed E-state index contributed by atoms with van der Waals surface area (Å²) in [5, 5.41) is 9.77. The van der Waals surface area contributed by atoms with Gasteiger partial charge in [0, 0.05) is 12.8 Å². The van der Waals surface area contributed by atoms with Crippen LogP contribution in [0.15, 0.2) is 72.9 Å². The normalized spacial score (nSPS) is 14.3. The summed E-state index contributed by atoms with van der Waals surface area (Å²) in [5.41, 5.74) is 0. The van der Waals surface area contributed by atoms with E-state index in [0.29, 0.717) is 19.3 Å². The number of phosphoric acid groups is 1. The molecule has 244 valence electrons. The summed E-state index contributed by atoms with van der Waals surface area (Å²) in [6.45, 7) is 3.25. The molecule has 0 aromatic heterocycles. The lowest BCUT2D eigenvalue weighted by Gasteiger charge is -2.18. The zero-order chi connectivity index (χ0) is 32.0. The third-order valence-electron chi connectivity index (χ3n) is 5.83. The van der Waals surface area contributed by atoms with Crippen LogP contribution in [0.5, 0.6) is 0 Å². The Kier molecular flexibility index (Phi) is 26.6. The van der Waals surface area contributed by atoms with Gasteiger partial charge in [-0.3, -0.25) is 14.1 Å². The first kappa shape index (κ1) is 40.5. The van der Waals surface area contributed by atoms with Gasteiger partial charge in [0.25, 0.3) is 0 Å². The van der Waals surface area contributed by atoms with Crippen LogP contribution in [0.2, 0.25) is 0 Å². The van der Waals surface area contributed by atoms with Gasteiger partial charge in [-0.05, 0) is 44.9 Å². The first-order chi connectivity index (χ1) is 20.7. The maximum atomic E-state index is 12.1. The Morgan fingerprint density at radius 2 is 1.40 bits per heavy atom. The monoisotopic (exact) mass is 624 g/mol. The Labute approximate surface area is 258 Å². The van der Waals surface area contributed by atoms with Gasteiger partial charge in [-0.25, -0.2) is 4.57 Å². The van der Waals surface area contributed by atoms with E-state index in [-0.39, 0.29) is 19.4 Å². The third-order valence-corrected chi connectivity index (χ3v) is 6.32. The number of rotatable bonds is 26. The molecule has 0 heterocycles. The molecule has 0 amide bonds. The summed E-state index contributed by atoms with van der Waals surface area (Å²) >= 11 is 0. The SMILES string of the molecule is CC/C=C\CC(O)/C=C/C=C/C/C=C\C/C=C\C/C=C\CCC(=O)OC[C@H](COP(=O)(O)O)OC(=O)CCCCCCC. The van der Waals surface area contributed by atoms with Crippen molar-refractivity contribution in [3.8, 4) is 0 Å². The Bertz CT molecular complexity index is 944. The second-order valence-corrected chi connectivity index (χ2v) is 11.1. The highest BCUT2D eigenvalue weighted by molar-refractivity contribution is 7.46. The molecule has 0 bridgehead atoms. The number of phosphoric ester groups is 1. The zero-order valence-corrected chi connectivity index (χ0v) is 26.8. The minimum atomic E-state index is -4.76. The number of hydrogen-bond acceptors (Lipinski definition) is 7. The van der Waals surface area contributed by atoms with Crippen molar-refractivity contribution in [3.05, 3.63) is 72.9 Å². The highest BCUT2D eigenvalue weighted by Gasteiger charge is 2.22. The molecule has 0 saturated carbocycles. The van der Waals surface area contributed by atoms with Crippen molar-refractivity contribution < 1.29 is 43.0 Å². The van der Waals surface area contributed by atoms with E-state index < -0.39 is 38.6 Å². The number of allylic oxidation sites excluding steroid dienone is 10. The van der Waals surface area contributed by atoms with E-state index in [0.717, 1.165) is 51.4 Å². The lowest BCUT2D eigenvalue weighted by Crippen LogP contribution is -2.29. The van der Waals surface area contributed by atoms with Gasteiger partial charge in [0.1, 0.15) is 6.61 Å². The van der Waals surface area contributed by atoms with Crippen molar-refractivity contribution >= 4 is 19.8 Å². The second kappa shape index (κ2) is 28.2. The Balaban J connectivity index is 4.17. The van der Waals surface area contributed by atoms with Gasteiger partial charge in [0.05, 0.1) is 12.7 Å². The summed E-state index contributed by atoms with van der Waals surface area (Å²) in [6, 6.07) is 0. The summed E-state index contributed by atoms with van der Waals surface area (Å²) in [6.07, 6.45) is 31.7. The third kappa shape index (κ3) is 30.7. The number of ether oxygens (including phenoxy) is 2. The van der Waals surface area contributed by atoms with Gasteiger partial charge in [-0.2, -0.15) is 0 Å². The number of carbonyl (C=O) groups is 2. The minimum Gasteiger partial charge on any atom is -0.462 e. The lowest BCUT2D eigenvalue weighted by molar-refractivity contribution is -0.161. The van der Waals surface area contributed by atoms with E-state index in [4.69, 9.17) is 19.3 Å². The molecule has 0 aliphatic carbocycles. The van der Waals surface area contributed by atoms with Gasteiger partial charge in [0.2, 0.25) is 0 Å². The molecule has 0 aromatic carbocycles. The van der Waals surface area contributed by atoms with Crippen molar-refractivity contribution in [1.29, 1.82) is 0 Å². The fraction of sp³-hybridized carbons (Fsp3) is 0.576. The predicted octanol–water partition coefficient (Wildman–Crippen LogP) is 7.36. The van der Waals surface area contributed by atoms with E-state index in [1.807, 2.05) is 48.6 Å². The Morgan fingerprint density at radius 3 is 2.05 bits per heavy atom. The number of unbranched alkanes of at least 4 members (excludes halogenated alkanes) is 4. The van der Waals surface area contributed by atoms with Crippen LogP contribution in [0.25, 0.3) is 0 Å². The maximum absolute atomic E-state index is 12.1. The molecule has 2 atom stereocenters. The van der Waals surface area contributed by atoms with Crippen LogP contribution >= 0.6 is 7.82 Å². The van der Waals surface area contributed by atoms with E-state index in [2.05, 4.69) is 36.6 Å². The van der Waals surface area contributed by atoms with Crippen molar-refractivity contribution in [2.24, 2.45) is 0 Å². The smallest absolute Gasteiger partial charge is 0.462 e. The zero-order valence-electron chi connectivity index (χ0n) is 25.9. The first-order valence-corrected chi connectivity index (χ1v) is 16.9. The summed E-state index contributed by atoms with van der Waals surface area (Å²) in [7, 11) is -4.76. The number of hydrogen-bond donors (Lipinski definition) is 3. The summed E-state index contributed by atoms with van der Waals surface area (Å²) in [5.74, 6) is -1.03. The summed E-state index contributed by atoms with van der Waals surface area (Å²) in [4.78, 5) is 42.0. The molecule has 1 unspecified atom stereocenters. The molecular formula is C33H53O9P. The van der Waals surface area contributed by atoms with E-state index in [1.165, 1.54) is 0 Å². The fourth-order valence-electron chi connectivity index (χ4n) is 3.54. The van der Waals surface area contributed by atoms with E-state index in [1.54, 1.807) is 6.08 Å². The standard InChI is InChI=1S/C33H53O9P/c1-3-5-7-17-23-27-33(36)42-31(29-41-43(37,38)39)28-40-32(35)26-22-19-16-14-12-10-8-9-11-13-15-18-21-25-30(34)24-20-6-4-2/h6,9-12,15-16,18-21,25,30-31,34H,3-5,7-8,13-14,17,22-24,26-29H2,1-2H3,(H2,37,38,39)/b11-9-,12-10-,18-15+,19-16-,20-6-,25-21+/t30?,31-/m1/s1. The molecule has 0 aromatic rings. The van der Waals surface area contributed by atoms with E-state index >= 15 is 0 Å². The van der Waals surface area contributed by atoms with Crippen LogP contribution in [0, 0.1) is 0 Å². The molecule has 0 saturated heterocycles. The van der Waals surface area contributed by atoms with Gasteiger partial charge >= 0.3 is 19.8 Å². The molecule has 9 nitrogen and oxygen atoms in total. The highest BCUT2D eigenvalue weighted by Crippen LogP contribution is 2.35. The van der Waals surface area contributed by atoms with Crippen LogP contribution in [-0.2, 0) is 28.2 Å². The van der Waals surface area contributed by atoms with Crippen LogP contribution in [0.3, 0.4) is 0 Å². The van der Waals surface area contributed by atoms with Gasteiger partial charge in [-0.1, -0.05) is 112 Å². The fourth-order valence-corrected chi connectivity index (χ4v) is 3.90. The number of aliphatic hydroxyl groups is 1. The molecule has 0 aliphatic rings. The van der Waals surface area contributed by atoms with Crippen LogP contribution in [0.1, 0.15) is 97.3 Å². The molecular weight excluding hydrogens is 571 g/mol. The summed E-state index contributed by atoms with van der Waals surface area (Å²) < 4.78 is 25.9. The van der Waals surface area contributed by atoms with Crippen LogP contribution < -0.4 is 0 Å². The van der Waals surface area contributed by atoms with Crippen LogP contribution in [-0.4, -0.2) is 52.3 Å². The predicted molar refractivity (Wildman–Crippen MR) is 171 cm³/mol. The Hall–Kier alpha value is -2.55. The van der Waals surface area contributed by atoms with Gasteiger partial charge in [0.15, 0.2) is 6.10 Å². The van der Waals surface area contributed by atoms with Crippen molar-refractivity contribution in [3.63, 3.8) is 0 Å². The molecule has 0 fully saturated rings. The van der Waals surface area contributed by atoms with Gasteiger partial charge in [-0.15, -0.1) is 0 Å². The molecule has 0 radical (unpaired) electrons. The quantitative estimate of drug-likeness (QED) is 0.0296. The van der Waals surface area contributed by atoms with Gasteiger partial charge < -0.3 is 24.4 Å². The topological polar surface area (TPSA) is 140 Å². The maximum Gasteiger partial charge on any atom is 0.469 e. The van der Waals surface area contributed by atoms with E-state index in [9.17, 15) is 19.3 Å². The average molecular weight is 625 g/mol. The molecule has 0 aliphatic heterocycles. The molecule has 10 heteroatoms. The lowest BCUT2D eigenvalue weighted by atomic mass is 10.1. The molecule has 0 spiro atoms. The Morgan fingerprint density at radius 1 is 0.744 bits per heavy atom. The number of esters is 2.